The maximum atomic E-state index is 9.55. The molecule has 0 fully saturated rings. The van der Waals surface area contributed by atoms with E-state index in [0.717, 1.165) is 3.57 Å². The second-order valence-electron chi connectivity index (χ2n) is 2.21. The predicted molar refractivity (Wildman–Crippen MR) is 64.8 cm³/mol. The van der Waals surface area contributed by atoms with Crippen LogP contribution in [0, 0.1) is 18.5 Å². The van der Waals surface area contributed by atoms with E-state index in [1.807, 2.05) is 51.3 Å². The van der Waals surface area contributed by atoms with Gasteiger partial charge in [-0.25, -0.2) is 0 Å². The lowest BCUT2D eigenvalue weighted by Crippen LogP contribution is -1.92. The number of benzene rings is 1. The zero-order valence-electron chi connectivity index (χ0n) is 6.64. The number of nitriles is 1. The van der Waals surface area contributed by atoms with Crippen LogP contribution < -0.4 is 4.74 Å². The molecule has 0 aliphatic carbocycles. The van der Waals surface area contributed by atoms with Crippen molar-refractivity contribution in [1.82, 2.24) is 0 Å². The molecule has 0 unspecified atom stereocenters. The van der Waals surface area contributed by atoms with Crippen LogP contribution in [0.5, 0.6) is 11.5 Å². The quantitative estimate of drug-likeness (QED) is 0.737. The fourth-order valence-corrected chi connectivity index (χ4v) is 2.71. The third-order valence-corrected chi connectivity index (χ3v) is 3.39. The van der Waals surface area contributed by atoms with Gasteiger partial charge in [0.05, 0.1) is 16.2 Å². The van der Waals surface area contributed by atoms with Gasteiger partial charge in [0.2, 0.25) is 0 Å². The molecule has 3 nitrogen and oxygen atoms in total. The highest BCUT2D eigenvalue weighted by Gasteiger charge is 2.14. The highest BCUT2D eigenvalue weighted by molar-refractivity contribution is 14.1. The number of ether oxygens (including phenoxy) is 1. The maximum Gasteiger partial charge on any atom is 0.172 e. The summed E-state index contributed by atoms with van der Waals surface area (Å²) >= 11 is 3.96. The van der Waals surface area contributed by atoms with E-state index < -0.39 is 0 Å². The van der Waals surface area contributed by atoms with Crippen LogP contribution in [-0.4, -0.2) is 12.2 Å². The van der Waals surface area contributed by atoms with Gasteiger partial charge in [-0.3, -0.25) is 0 Å². The van der Waals surface area contributed by atoms with E-state index in [1.165, 1.54) is 7.11 Å². The summed E-state index contributed by atoms with van der Waals surface area (Å²) in [5.41, 5.74) is 0.486. The summed E-state index contributed by atoms with van der Waals surface area (Å²) in [7, 11) is 1.48. The van der Waals surface area contributed by atoms with Crippen LogP contribution in [0.25, 0.3) is 0 Å². The van der Waals surface area contributed by atoms with Crippen molar-refractivity contribution in [2.45, 2.75) is 0 Å². The van der Waals surface area contributed by atoms with E-state index in [0.29, 0.717) is 14.9 Å². The van der Waals surface area contributed by atoms with Gasteiger partial charge in [-0.05, 0) is 51.2 Å². The third-order valence-electron chi connectivity index (χ3n) is 1.49. The molecule has 13 heavy (non-hydrogen) atoms. The highest BCUT2D eigenvalue weighted by Crippen LogP contribution is 2.35. The Kier molecular flexibility index (Phi) is 3.61. The molecule has 0 aromatic heterocycles. The highest BCUT2D eigenvalue weighted by atomic mass is 127. The number of aromatic hydroxyl groups is 1. The fourth-order valence-electron chi connectivity index (χ4n) is 0.845. The van der Waals surface area contributed by atoms with Gasteiger partial charge in [-0.15, -0.1) is 0 Å². The summed E-state index contributed by atoms with van der Waals surface area (Å²) in [6.07, 6.45) is 0. The van der Waals surface area contributed by atoms with Crippen LogP contribution in [-0.2, 0) is 0 Å². The number of methoxy groups -OCH3 is 1. The molecule has 0 aliphatic heterocycles. The topological polar surface area (TPSA) is 53.2 Å². The van der Waals surface area contributed by atoms with Crippen LogP contribution in [0.3, 0.4) is 0 Å². The van der Waals surface area contributed by atoms with Crippen LogP contribution >= 0.6 is 45.2 Å². The lowest BCUT2D eigenvalue weighted by molar-refractivity contribution is 0.371. The van der Waals surface area contributed by atoms with E-state index in [9.17, 15) is 5.11 Å². The number of nitrogens with zero attached hydrogens (tertiary/aromatic N) is 1. The van der Waals surface area contributed by atoms with E-state index in [2.05, 4.69) is 0 Å². The summed E-state index contributed by atoms with van der Waals surface area (Å²) in [5.74, 6) is 0.424. The Balaban J connectivity index is 3.48. The van der Waals surface area contributed by atoms with Crippen LogP contribution in [0.1, 0.15) is 5.56 Å². The zero-order chi connectivity index (χ0) is 10.0. The van der Waals surface area contributed by atoms with Gasteiger partial charge in [-0.2, -0.15) is 5.26 Å². The molecule has 0 spiro atoms. The lowest BCUT2D eigenvalue weighted by Gasteiger charge is -2.07. The lowest BCUT2D eigenvalue weighted by atomic mass is 10.2. The van der Waals surface area contributed by atoms with Gasteiger partial charge in [-0.1, -0.05) is 0 Å². The second-order valence-corrected chi connectivity index (χ2v) is 4.45. The van der Waals surface area contributed by atoms with Gasteiger partial charge in [0.1, 0.15) is 6.07 Å². The first-order chi connectivity index (χ1) is 6.11. The molecule has 1 N–H and O–H groups in total. The zero-order valence-corrected chi connectivity index (χ0v) is 11.0. The number of phenols is 1. The number of hydrogen-bond acceptors (Lipinski definition) is 3. The van der Waals surface area contributed by atoms with Gasteiger partial charge < -0.3 is 9.84 Å². The molecular weight excluding hydrogens is 396 g/mol. The van der Waals surface area contributed by atoms with E-state index in [1.54, 1.807) is 6.07 Å². The number of halogens is 2. The smallest absolute Gasteiger partial charge is 0.172 e. The normalized spacial score (nSPS) is 9.38. The largest absolute Gasteiger partial charge is 0.503 e. The third kappa shape index (κ3) is 1.99. The van der Waals surface area contributed by atoms with Crippen molar-refractivity contribution in [3.8, 4) is 17.6 Å². The molecular formula is C8H5I2NO2. The minimum atomic E-state index is 0.0278. The molecule has 0 radical (unpaired) electrons. The summed E-state index contributed by atoms with van der Waals surface area (Å²) < 4.78 is 6.25. The summed E-state index contributed by atoms with van der Waals surface area (Å²) in [4.78, 5) is 0. The van der Waals surface area contributed by atoms with Crippen LogP contribution in [0.2, 0.25) is 0 Å². The first-order valence-electron chi connectivity index (χ1n) is 3.26. The first-order valence-corrected chi connectivity index (χ1v) is 5.42. The van der Waals surface area contributed by atoms with E-state index in [-0.39, 0.29) is 5.75 Å². The Morgan fingerprint density at radius 3 is 2.62 bits per heavy atom. The average molecular weight is 401 g/mol. The molecule has 0 amide bonds. The van der Waals surface area contributed by atoms with Crippen molar-refractivity contribution < 1.29 is 9.84 Å². The van der Waals surface area contributed by atoms with Crippen molar-refractivity contribution >= 4 is 45.2 Å². The second kappa shape index (κ2) is 4.32. The molecule has 0 saturated carbocycles. The Morgan fingerprint density at radius 2 is 2.15 bits per heavy atom. The van der Waals surface area contributed by atoms with Crippen molar-refractivity contribution in [2.75, 3.05) is 7.11 Å². The fraction of sp³-hybridized carbons (Fsp3) is 0.125. The SMILES string of the molecule is COc1cc(I)c(C#N)c(I)c1O. The number of rotatable bonds is 1. The molecule has 0 aliphatic rings. The summed E-state index contributed by atoms with van der Waals surface area (Å²) in [6.45, 7) is 0. The molecule has 1 aromatic rings. The standard InChI is InChI=1S/C8H5I2NO2/c1-13-6-2-5(9)4(3-11)7(10)8(6)12/h2,12H,1H3. The minimum Gasteiger partial charge on any atom is -0.503 e. The Hall–Kier alpha value is -0.230. The molecule has 0 bridgehead atoms. The summed E-state index contributed by atoms with van der Waals surface area (Å²) in [6, 6.07) is 3.66. The molecule has 5 heteroatoms. The van der Waals surface area contributed by atoms with Crippen molar-refractivity contribution in [3.05, 3.63) is 18.8 Å². The van der Waals surface area contributed by atoms with Crippen LogP contribution in [0.15, 0.2) is 6.07 Å². The number of phenolic OH excluding ortho intramolecular Hbond substituents is 1. The molecule has 0 saturated heterocycles. The van der Waals surface area contributed by atoms with Gasteiger partial charge in [0.25, 0.3) is 0 Å². The maximum absolute atomic E-state index is 9.55. The van der Waals surface area contributed by atoms with Crippen molar-refractivity contribution in [3.63, 3.8) is 0 Å². The monoisotopic (exact) mass is 401 g/mol. The summed E-state index contributed by atoms with van der Waals surface area (Å²) in [5, 5.41) is 18.3. The predicted octanol–water partition coefficient (Wildman–Crippen LogP) is 2.48. The van der Waals surface area contributed by atoms with Gasteiger partial charge in [0.15, 0.2) is 11.5 Å². The van der Waals surface area contributed by atoms with E-state index >= 15 is 0 Å². The Morgan fingerprint density at radius 1 is 1.54 bits per heavy atom. The van der Waals surface area contributed by atoms with Crippen LogP contribution in [0.4, 0.5) is 0 Å². The molecule has 0 heterocycles. The Labute approximate surface area is 103 Å². The van der Waals surface area contributed by atoms with Crippen molar-refractivity contribution in [2.24, 2.45) is 0 Å². The minimum absolute atomic E-state index is 0.0278. The van der Waals surface area contributed by atoms with Gasteiger partial charge in [0, 0.05) is 3.57 Å². The molecule has 1 aromatic carbocycles. The molecule has 68 valence electrons. The van der Waals surface area contributed by atoms with E-state index in [4.69, 9.17) is 10.00 Å². The average Bonchev–Trinajstić information content (AvgIpc) is 2.12. The Bertz CT molecular complexity index is 384. The molecule has 0 atom stereocenters. The first kappa shape index (κ1) is 10.8. The number of hydrogen-bond donors (Lipinski definition) is 1. The van der Waals surface area contributed by atoms with Crippen molar-refractivity contribution in [1.29, 1.82) is 5.26 Å². The van der Waals surface area contributed by atoms with Gasteiger partial charge >= 0.3 is 0 Å². The molecule has 1 rings (SSSR count).